The number of nitrogens with zero attached hydrogens (tertiary/aromatic N) is 3. The van der Waals surface area contributed by atoms with Crippen LogP contribution in [0.1, 0.15) is 34.7 Å². The minimum absolute atomic E-state index is 0.169. The zero-order chi connectivity index (χ0) is 23.1. The van der Waals surface area contributed by atoms with E-state index in [1.807, 2.05) is 37.3 Å². The molecule has 0 amide bonds. The maximum atomic E-state index is 13.5. The van der Waals surface area contributed by atoms with Crippen molar-refractivity contribution in [1.82, 2.24) is 14.9 Å². The average molecular weight is 459 g/mol. The van der Waals surface area contributed by atoms with Gasteiger partial charge in [-0.1, -0.05) is 6.07 Å². The van der Waals surface area contributed by atoms with Crippen LogP contribution in [0.2, 0.25) is 0 Å². The summed E-state index contributed by atoms with van der Waals surface area (Å²) in [4.78, 5) is 6.68. The number of phenols is 1. The van der Waals surface area contributed by atoms with Crippen LogP contribution in [0.25, 0.3) is 5.69 Å². The third kappa shape index (κ3) is 3.74. The van der Waals surface area contributed by atoms with E-state index in [0.717, 1.165) is 34.0 Å². The second-order valence-electron chi connectivity index (χ2n) is 8.15. The van der Waals surface area contributed by atoms with Gasteiger partial charge in [-0.2, -0.15) is 0 Å². The minimum Gasteiger partial charge on any atom is -0.508 e. The van der Waals surface area contributed by atoms with Crippen LogP contribution >= 0.6 is 12.2 Å². The van der Waals surface area contributed by atoms with Crippen LogP contribution in [0.15, 0.2) is 79.0 Å². The van der Waals surface area contributed by atoms with Crippen molar-refractivity contribution in [3.05, 3.63) is 107 Å². The second-order valence-corrected chi connectivity index (χ2v) is 8.54. The van der Waals surface area contributed by atoms with Gasteiger partial charge in [-0.3, -0.25) is 4.98 Å². The average Bonchev–Trinajstić information content (AvgIpc) is 3.31. The fraction of sp³-hybridized carbons (Fsp3) is 0.154. The first kappa shape index (κ1) is 21.2. The number of aromatic hydroxyl groups is 1. The fourth-order valence-corrected chi connectivity index (χ4v) is 4.98. The Bertz CT molecular complexity index is 1300. The number of thiocarbonyl (C=S) groups is 1. The zero-order valence-electron chi connectivity index (χ0n) is 18.2. The molecule has 0 radical (unpaired) electrons. The summed E-state index contributed by atoms with van der Waals surface area (Å²) in [5.74, 6) is -0.0652. The van der Waals surface area contributed by atoms with Crippen molar-refractivity contribution in [2.75, 3.05) is 4.90 Å². The molecule has 2 aromatic heterocycles. The summed E-state index contributed by atoms with van der Waals surface area (Å²) in [5.41, 5.74) is 5.83. The molecule has 2 unspecified atom stereocenters. The highest BCUT2D eigenvalue weighted by Crippen LogP contribution is 2.43. The molecule has 0 bridgehead atoms. The molecule has 4 aromatic rings. The number of halogens is 1. The van der Waals surface area contributed by atoms with Gasteiger partial charge in [-0.05, 0) is 98.4 Å². The van der Waals surface area contributed by atoms with Crippen LogP contribution in [0.5, 0.6) is 5.75 Å². The number of aromatic nitrogens is 2. The van der Waals surface area contributed by atoms with Crippen LogP contribution in [-0.2, 0) is 0 Å². The molecule has 7 heteroatoms. The molecule has 2 atom stereocenters. The summed E-state index contributed by atoms with van der Waals surface area (Å²) in [5, 5.41) is 13.8. The molecule has 166 valence electrons. The smallest absolute Gasteiger partial charge is 0.174 e. The van der Waals surface area contributed by atoms with E-state index in [4.69, 9.17) is 12.2 Å². The number of pyridine rings is 1. The van der Waals surface area contributed by atoms with Gasteiger partial charge in [0.05, 0.1) is 17.8 Å². The Kier molecular flexibility index (Phi) is 5.34. The van der Waals surface area contributed by atoms with Gasteiger partial charge >= 0.3 is 0 Å². The third-order valence-corrected chi connectivity index (χ3v) is 6.41. The van der Waals surface area contributed by atoms with Gasteiger partial charge in [0.25, 0.3) is 0 Å². The van der Waals surface area contributed by atoms with Gasteiger partial charge in [0.15, 0.2) is 5.11 Å². The molecule has 0 aliphatic carbocycles. The SMILES string of the molecule is Cc1cc(C2C(c3ccccn3)NC(=S)N2c2ccc(O)cc2)c(C)n1-c1ccc(F)cc1. The Balaban J connectivity index is 1.67. The molecule has 33 heavy (non-hydrogen) atoms. The van der Waals surface area contributed by atoms with E-state index in [9.17, 15) is 9.50 Å². The van der Waals surface area contributed by atoms with Crippen LogP contribution in [0, 0.1) is 19.7 Å². The maximum absolute atomic E-state index is 13.5. The Labute approximate surface area is 197 Å². The molecule has 3 heterocycles. The van der Waals surface area contributed by atoms with Crippen LogP contribution < -0.4 is 10.2 Å². The molecule has 1 aliphatic rings. The third-order valence-electron chi connectivity index (χ3n) is 6.10. The quantitative estimate of drug-likeness (QED) is 0.395. The molecule has 1 aliphatic heterocycles. The number of hydrogen-bond donors (Lipinski definition) is 2. The fourth-order valence-electron chi connectivity index (χ4n) is 4.64. The zero-order valence-corrected chi connectivity index (χ0v) is 19.1. The van der Waals surface area contributed by atoms with Gasteiger partial charge in [-0.15, -0.1) is 0 Å². The summed E-state index contributed by atoms with van der Waals surface area (Å²) in [7, 11) is 0. The Morgan fingerprint density at radius 1 is 0.970 bits per heavy atom. The van der Waals surface area contributed by atoms with E-state index in [0.29, 0.717) is 5.11 Å². The van der Waals surface area contributed by atoms with E-state index in [2.05, 4.69) is 32.8 Å². The first-order valence-corrected chi connectivity index (χ1v) is 11.1. The molecular formula is C26H23FN4OS. The largest absolute Gasteiger partial charge is 0.508 e. The molecular weight excluding hydrogens is 435 g/mol. The van der Waals surface area contributed by atoms with E-state index < -0.39 is 0 Å². The number of benzene rings is 2. The molecule has 1 saturated heterocycles. The van der Waals surface area contributed by atoms with Crippen molar-refractivity contribution in [3.63, 3.8) is 0 Å². The lowest BCUT2D eigenvalue weighted by Crippen LogP contribution is -2.29. The summed E-state index contributed by atoms with van der Waals surface area (Å²) < 4.78 is 15.7. The lowest BCUT2D eigenvalue weighted by molar-refractivity contribution is 0.475. The predicted octanol–water partition coefficient (Wildman–Crippen LogP) is 5.51. The maximum Gasteiger partial charge on any atom is 0.174 e. The summed E-state index contributed by atoms with van der Waals surface area (Å²) >= 11 is 5.78. The molecule has 0 saturated carbocycles. The van der Waals surface area contributed by atoms with Crippen molar-refractivity contribution in [2.24, 2.45) is 0 Å². The number of aryl methyl sites for hydroxylation is 1. The number of rotatable bonds is 4. The van der Waals surface area contributed by atoms with Gasteiger partial charge < -0.3 is 19.9 Å². The van der Waals surface area contributed by atoms with E-state index in [-0.39, 0.29) is 23.7 Å². The summed E-state index contributed by atoms with van der Waals surface area (Å²) in [6.45, 7) is 4.11. The Morgan fingerprint density at radius 3 is 2.33 bits per heavy atom. The Morgan fingerprint density at radius 2 is 1.67 bits per heavy atom. The van der Waals surface area contributed by atoms with Gasteiger partial charge in [0.2, 0.25) is 0 Å². The van der Waals surface area contributed by atoms with Crippen molar-refractivity contribution < 1.29 is 9.50 Å². The Hall–Kier alpha value is -3.71. The highest BCUT2D eigenvalue weighted by atomic mass is 32.1. The van der Waals surface area contributed by atoms with Gasteiger partial charge in [0.1, 0.15) is 11.6 Å². The summed E-state index contributed by atoms with van der Waals surface area (Å²) in [6.07, 6.45) is 1.78. The summed E-state index contributed by atoms with van der Waals surface area (Å²) in [6, 6.07) is 21.2. The van der Waals surface area contributed by atoms with Crippen LogP contribution in [0.3, 0.4) is 0 Å². The molecule has 2 N–H and O–H groups in total. The van der Waals surface area contributed by atoms with E-state index >= 15 is 0 Å². The number of phenolic OH excluding ortho intramolecular Hbond substituents is 1. The van der Waals surface area contributed by atoms with Gasteiger partial charge in [0, 0.05) is 29.0 Å². The molecule has 0 spiro atoms. The van der Waals surface area contributed by atoms with Crippen LogP contribution in [-0.4, -0.2) is 19.8 Å². The second kappa shape index (κ2) is 8.33. The highest BCUT2D eigenvalue weighted by molar-refractivity contribution is 7.80. The molecule has 1 fully saturated rings. The highest BCUT2D eigenvalue weighted by Gasteiger charge is 2.42. The van der Waals surface area contributed by atoms with Crippen molar-refractivity contribution in [3.8, 4) is 11.4 Å². The molecule has 5 nitrogen and oxygen atoms in total. The lowest BCUT2D eigenvalue weighted by Gasteiger charge is -2.28. The predicted molar refractivity (Wildman–Crippen MR) is 131 cm³/mol. The van der Waals surface area contributed by atoms with Crippen molar-refractivity contribution in [1.29, 1.82) is 0 Å². The van der Waals surface area contributed by atoms with Crippen LogP contribution in [0.4, 0.5) is 10.1 Å². The number of anilines is 1. The number of nitrogens with one attached hydrogen (secondary N) is 1. The first-order valence-electron chi connectivity index (χ1n) is 10.7. The number of hydrogen-bond acceptors (Lipinski definition) is 3. The van der Waals surface area contributed by atoms with Gasteiger partial charge in [-0.25, -0.2) is 4.39 Å². The molecule has 2 aromatic carbocycles. The van der Waals surface area contributed by atoms with Crippen molar-refractivity contribution in [2.45, 2.75) is 25.9 Å². The van der Waals surface area contributed by atoms with Crippen molar-refractivity contribution >= 4 is 23.0 Å². The van der Waals surface area contributed by atoms with E-state index in [1.54, 1.807) is 30.5 Å². The van der Waals surface area contributed by atoms with E-state index in [1.165, 1.54) is 12.1 Å². The normalized spacial score (nSPS) is 17.9. The molecule has 5 rings (SSSR count). The first-order chi connectivity index (χ1) is 15.9. The topological polar surface area (TPSA) is 53.3 Å². The standard InChI is InChI=1S/C26H23FN4OS/c1-16-15-22(17(2)30(16)19-8-6-18(27)7-9-19)25-24(23-5-3-4-14-28-23)29-26(33)31(25)20-10-12-21(32)13-11-20/h3-15,24-25,32H,1-2H3,(H,29,33). The minimum atomic E-state index is -0.263. The lowest BCUT2D eigenvalue weighted by atomic mass is 9.96. The monoisotopic (exact) mass is 458 g/mol.